The minimum Gasteiger partial charge on any atom is -0.360 e. The van der Waals surface area contributed by atoms with Gasteiger partial charge in [0.05, 0.1) is 6.20 Å². The zero-order valence-electron chi connectivity index (χ0n) is 8.41. The third kappa shape index (κ3) is 1.84. The molecule has 82 valence electrons. The summed E-state index contributed by atoms with van der Waals surface area (Å²) in [5, 5.41) is 3.91. The van der Waals surface area contributed by atoms with E-state index in [4.69, 9.17) is 4.52 Å². The Labute approximate surface area is 110 Å². The van der Waals surface area contributed by atoms with Gasteiger partial charge in [-0.2, -0.15) is 0 Å². The Kier molecular flexibility index (Phi) is 2.64. The molecule has 0 spiro atoms. The summed E-state index contributed by atoms with van der Waals surface area (Å²) in [7, 11) is 0. The Balaban J connectivity index is 2.07. The molecule has 16 heavy (non-hydrogen) atoms. The lowest BCUT2D eigenvalue weighted by atomic mass is 10.1. The molecule has 0 amide bonds. The van der Waals surface area contributed by atoms with Crippen LogP contribution in [0.4, 0.5) is 0 Å². The van der Waals surface area contributed by atoms with Crippen molar-refractivity contribution >= 4 is 31.9 Å². The van der Waals surface area contributed by atoms with Crippen molar-refractivity contribution in [3.8, 4) is 11.1 Å². The summed E-state index contributed by atoms with van der Waals surface area (Å²) < 4.78 is 7.44. The van der Waals surface area contributed by atoms with Crippen LogP contribution in [0.25, 0.3) is 11.1 Å². The van der Waals surface area contributed by atoms with Crippen LogP contribution in [-0.4, -0.2) is 5.16 Å². The molecule has 0 atom stereocenters. The molecule has 1 aromatic carbocycles. The van der Waals surface area contributed by atoms with Gasteiger partial charge >= 0.3 is 0 Å². The molecule has 0 radical (unpaired) electrons. The second-order valence-electron chi connectivity index (χ2n) is 4.01. The highest BCUT2D eigenvalue weighted by atomic mass is 79.9. The first-order valence-corrected chi connectivity index (χ1v) is 6.74. The Hall–Kier alpha value is -0.610. The number of halogens is 2. The maximum absolute atomic E-state index is 5.34. The van der Waals surface area contributed by atoms with Gasteiger partial charge in [0.25, 0.3) is 0 Å². The van der Waals surface area contributed by atoms with E-state index < -0.39 is 0 Å². The zero-order valence-corrected chi connectivity index (χ0v) is 11.6. The zero-order chi connectivity index (χ0) is 11.1. The first-order chi connectivity index (χ1) is 7.75. The Morgan fingerprint density at radius 2 is 2.00 bits per heavy atom. The van der Waals surface area contributed by atoms with Crippen LogP contribution in [0.1, 0.15) is 24.5 Å². The van der Waals surface area contributed by atoms with Crippen molar-refractivity contribution in [3.05, 3.63) is 39.1 Å². The molecule has 1 aliphatic carbocycles. The van der Waals surface area contributed by atoms with Crippen molar-refractivity contribution in [1.29, 1.82) is 0 Å². The minimum absolute atomic E-state index is 0.583. The van der Waals surface area contributed by atoms with Gasteiger partial charge in [0.15, 0.2) is 0 Å². The van der Waals surface area contributed by atoms with E-state index in [0.717, 1.165) is 25.8 Å². The average Bonchev–Trinajstić information content (AvgIpc) is 3.01. The van der Waals surface area contributed by atoms with E-state index in [1.54, 1.807) is 0 Å². The van der Waals surface area contributed by atoms with Crippen molar-refractivity contribution in [2.45, 2.75) is 18.8 Å². The molecule has 2 aromatic rings. The monoisotopic (exact) mass is 341 g/mol. The van der Waals surface area contributed by atoms with Crippen LogP contribution in [0.2, 0.25) is 0 Å². The average molecular weight is 343 g/mol. The first-order valence-electron chi connectivity index (χ1n) is 5.15. The molecule has 1 heterocycles. The van der Waals surface area contributed by atoms with Crippen LogP contribution in [0.15, 0.2) is 37.9 Å². The van der Waals surface area contributed by atoms with Gasteiger partial charge in [-0.3, -0.25) is 0 Å². The molecule has 1 fully saturated rings. The summed E-state index contributed by atoms with van der Waals surface area (Å²) >= 11 is 6.98. The van der Waals surface area contributed by atoms with E-state index >= 15 is 0 Å². The first kappa shape index (κ1) is 10.5. The molecule has 2 nitrogen and oxygen atoms in total. The van der Waals surface area contributed by atoms with Gasteiger partial charge in [0.1, 0.15) is 5.76 Å². The molecule has 1 aromatic heterocycles. The van der Waals surface area contributed by atoms with Gasteiger partial charge in [-0.25, -0.2) is 0 Å². The lowest BCUT2D eigenvalue weighted by Crippen LogP contribution is -1.82. The molecular weight excluding hydrogens is 334 g/mol. The van der Waals surface area contributed by atoms with Crippen molar-refractivity contribution in [2.75, 3.05) is 0 Å². The fourth-order valence-electron chi connectivity index (χ4n) is 1.77. The van der Waals surface area contributed by atoms with Crippen LogP contribution < -0.4 is 0 Å². The SMILES string of the molecule is Brc1ccc(-c2cnoc2C2CC2)cc1Br. The third-order valence-electron chi connectivity index (χ3n) is 2.78. The third-order valence-corrected chi connectivity index (χ3v) is 4.66. The smallest absolute Gasteiger partial charge is 0.147 e. The topological polar surface area (TPSA) is 26.0 Å². The highest BCUT2D eigenvalue weighted by Crippen LogP contribution is 2.44. The molecule has 0 bridgehead atoms. The summed E-state index contributed by atoms with van der Waals surface area (Å²) in [6.45, 7) is 0. The van der Waals surface area contributed by atoms with Crippen LogP contribution in [0.3, 0.4) is 0 Å². The van der Waals surface area contributed by atoms with Gasteiger partial charge in [-0.15, -0.1) is 0 Å². The molecule has 0 aliphatic heterocycles. The molecule has 0 N–H and O–H groups in total. The molecule has 1 aliphatic rings. The summed E-state index contributed by atoms with van der Waals surface area (Å²) in [6.07, 6.45) is 4.25. The van der Waals surface area contributed by atoms with E-state index in [-0.39, 0.29) is 0 Å². The van der Waals surface area contributed by atoms with E-state index in [2.05, 4.69) is 49.1 Å². The second-order valence-corrected chi connectivity index (χ2v) is 5.72. The van der Waals surface area contributed by atoms with Gasteiger partial charge in [0.2, 0.25) is 0 Å². The van der Waals surface area contributed by atoms with Crippen molar-refractivity contribution in [3.63, 3.8) is 0 Å². The van der Waals surface area contributed by atoms with Crippen LogP contribution in [0, 0.1) is 0 Å². The summed E-state index contributed by atoms with van der Waals surface area (Å²) in [5.41, 5.74) is 2.27. The van der Waals surface area contributed by atoms with Gasteiger partial charge in [-0.1, -0.05) is 11.2 Å². The number of rotatable bonds is 2. The fraction of sp³-hybridized carbons (Fsp3) is 0.250. The summed E-state index contributed by atoms with van der Waals surface area (Å²) in [4.78, 5) is 0. The number of nitrogens with zero attached hydrogens (tertiary/aromatic N) is 1. The van der Waals surface area contributed by atoms with Crippen molar-refractivity contribution in [1.82, 2.24) is 5.16 Å². The Bertz CT molecular complexity index is 532. The van der Waals surface area contributed by atoms with E-state index in [1.165, 1.54) is 12.8 Å². The minimum atomic E-state index is 0.583. The molecule has 1 saturated carbocycles. The predicted octanol–water partition coefficient (Wildman–Crippen LogP) is 4.74. The highest BCUT2D eigenvalue weighted by Gasteiger charge is 2.30. The Morgan fingerprint density at radius 1 is 1.19 bits per heavy atom. The van der Waals surface area contributed by atoms with Gasteiger partial charge in [-0.05, 0) is 62.4 Å². The lowest BCUT2D eigenvalue weighted by Gasteiger charge is -2.02. The largest absolute Gasteiger partial charge is 0.360 e. The molecular formula is C12H9Br2NO. The quantitative estimate of drug-likeness (QED) is 0.787. The number of benzene rings is 1. The van der Waals surface area contributed by atoms with Crippen LogP contribution >= 0.6 is 31.9 Å². The summed E-state index contributed by atoms with van der Waals surface area (Å²) in [6, 6.07) is 6.19. The number of hydrogen-bond acceptors (Lipinski definition) is 2. The van der Waals surface area contributed by atoms with E-state index in [0.29, 0.717) is 5.92 Å². The normalized spacial score (nSPS) is 15.4. The van der Waals surface area contributed by atoms with Crippen molar-refractivity contribution < 1.29 is 4.52 Å². The predicted molar refractivity (Wildman–Crippen MR) is 69.3 cm³/mol. The molecule has 3 rings (SSSR count). The number of hydrogen-bond donors (Lipinski definition) is 0. The summed E-state index contributed by atoms with van der Waals surface area (Å²) in [5.74, 6) is 1.62. The Morgan fingerprint density at radius 3 is 2.69 bits per heavy atom. The molecule has 0 unspecified atom stereocenters. The molecule has 0 saturated heterocycles. The second kappa shape index (κ2) is 4.00. The molecule has 4 heteroatoms. The standard InChI is InChI=1S/C12H9Br2NO/c13-10-4-3-8(5-11(10)14)9-6-15-16-12(9)7-1-2-7/h3-7H,1-2H2. The number of aromatic nitrogens is 1. The van der Waals surface area contributed by atoms with Crippen LogP contribution in [0.5, 0.6) is 0 Å². The van der Waals surface area contributed by atoms with E-state index in [1.807, 2.05) is 12.3 Å². The maximum atomic E-state index is 5.34. The van der Waals surface area contributed by atoms with E-state index in [9.17, 15) is 0 Å². The van der Waals surface area contributed by atoms with Gasteiger partial charge in [0, 0.05) is 20.4 Å². The van der Waals surface area contributed by atoms with Crippen molar-refractivity contribution in [2.24, 2.45) is 0 Å². The van der Waals surface area contributed by atoms with Gasteiger partial charge < -0.3 is 4.52 Å². The maximum Gasteiger partial charge on any atom is 0.147 e. The van der Waals surface area contributed by atoms with Crippen LogP contribution in [-0.2, 0) is 0 Å². The fourth-order valence-corrected chi connectivity index (χ4v) is 2.39. The highest BCUT2D eigenvalue weighted by molar-refractivity contribution is 9.13. The lowest BCUT2D eigenvalue weighted by molar-refractivity contribution is 0.385.